The number of hydrogen-bond donors (Lipinski definition) is 1. The predicted octanol–water partition coefficient (Wildman–Crippen LogP) is 2.27. The largest absolute Gasteiger partial charge is 0.392 e. The fraction of sp³-hybridized carbons (Fsp3) is 0.333. The van der Waals surface area contributed by atoms with Crippen molar-refractivity contribution in [2.24, 2.45) is 7.05 Å². The average molecular weight is 286 g/mol. The Hall–Kier alpha value is -1.10. The van der Waals surface area contributed by atoms with E-state index in [-0.39, 0.29) is 0 Å². The second kappa shape index (κ2) is 5.69. The number of aliphatic hydroxyl groups excluding tert-OH is 1. The Kier molecular flexibility index (Phi) is 4.22. The summed E-state index contributed by atoms with van der Waals surface area (Å²) in [6.45, 7) is 0. The molecule has 2 aromatic rings. The highest BCUT2D eigenvalue weighted by Gasteiger charge is 2.10. The summed E-state index contributed by atoms with van der Waals surface area (Å²) in [5, 5.41) is 18.7. The van der Waals surface area contributed by atoms with E-state index in [2.05, 4.69) is 10.3 Å². The van der Waals surface area contributed by atoms with Gasteiger partial charge in [0.05, 0.1) is 21.8 Å². The number of aromatic nitrogens is 3. The quantitative estimate of drug-likeness (QED) is 0.938. The van der Waals surface area contributed by atoms with Crippen LogP contribution in [0.2, 0.25) is 10.0 Å². The molecule has 96 valence electrons. The molecule has 6 heteroatoms. The molecule has 0 saturated carbocycles. The van der Waals surface area contributed by atoms with Gasteiger partial charge < -0.3 is 5.11 Å². The highest BCUT2D eigenvalue weighted by molar-refractivity contribution is 6.42. The van der Waals surface area contributed by atoms with Gasteiger partial charge in [0.1, 0.15) is 0 Å². The number of rotatable bonds is 4. The fourth-order valence-electron chi connectivity index (χ4n) is 1.74. The Balaban J connectivity index is 1.98. The molecule has 0 fully saturated rings. The van der Waals surface area contributed by atoms with E-state index >= 15 is 0 Å². The topological polar surface area (TPSA) is 50.9 Å². The molecule has 0 aliphatic carbocycles. The summed E-state index contributed by atoms with van der Waals surface area (Å²) in [7, 11) is 1.79. The second-order valence-corrected chi connectivity index (χ2v) is 5.01. The molecule has 1 heterocycles. The van der Waals surface area contributed by atoms with Gasteiger partial charge in [0, 0.05) is 19.7 Å². The summed E-state index contributed by atoms with van der Waals surface area (Å²) in [5.74, 6) is 0. The van der Waals surface area contributed by atoms with Crippen molar-refractivity contribution in [2.45, 2.75) is 18.9 Å². The van der Waals surface area contributed by atoms with Gasteiger partial charge in [-0.15, -0.1) is 5.10 Å². The van der Waals surface area contributed by atoms with Crippen molar-refractivity contribution in [1.29, 1.82) is 0 Å². The van der Waals surface area contributed by atoms with Crippen LogP contribution >= 0.6 is 23.2 Å². The molecule has 4 nitrogen and oxygen atoms in total. The molecule has 1 aromatic carbocycles. The lowest BCUT2D eigenvalue weighted by atomic mass is 10.0. The Morgan fingerprint density at radius 1 is 1.28 bits per heavy atom. The summed E-state index contributed by atoms with van der Waals surface area (Å²) in [6, 6.07) is 5.35. The van der Waals surface area contributed by atoms with E-state index in [9.17, 15) is 5.11 Å². The van der Waals surface area contributed by atoms with Crippen LogP contribution in [0.1, 0.15) is 11.3 Å². The summed E-state index contributed by atoms with van der Waals surface area (Å²) in [5.41, 5.74) is 1.71. The predicted molar refractivity (Wildman–Crippen MR) is 70.9 cm³/mol. The van der Waals surface area contributed by atoms with Gasteiger partial charge in [-0.1, -0.05) is 34.5 Å². The van der Waals surface area contributed by atoms with E-state index in [4.69, 9.17) is 23.2 Å². The first kappa shape index (κ1) is 13.3. The highest BCUT2D eigenvalue weighted by atomic mass is 35.5. The van der Waals surface area contributed by atoms with Gasteiger partial charge in [-0.2, -0.15) is 0 Å². The van der Waals surface area contributed by atoms with Crippen molar-refractivity contribution in [3.63, 3.8) is 0 Å². The molecule has 2 rings (SSSR count). The summed E-state index contributed by atoms with van der Waals surface area (Å²) in [6.07, 6.45) is 2.25. The maximum atomic E-state index is 9.97. The van der Waals surface area contributed by atoms with Crippen LogP contribution in [0.3, 0.4) is 0 Å². The molecular weight excluding hydrogens is 273 g/mol. The molecule has 0 radical (unpaired) electrons. The normalized spacial score (nSPS) is 12.7. The third-order valence-electron chi connectivity index (χ3n) is 2.55. The number of hydrogen-bond acceptors (Lipinski definition) is 3. The second-order valence-electron chi connectivity index (χ2n) is 4.19. The molecule has 0 aliphatic rings. The minimum Gasteiger partial charge on any atom is -0.392 e. The Labute approximate surface area is 115 Å². The van der Waals surface area contributed by atoms with E-state index in [1.165, 1.54) is 0 Å². The molecule has 0 amide bonds. The number of nitrogens with zero attached hydrogens (tertiary/aromatic N) is 3. The molecule has 0 saturated heterocycles. The lowest BCUT2D eigenvalue weighted by Gasteiger charge is -2.09. The average Bonchev–Trinajstić information content (AvgIpc) is 2.69. The minimum atomic E-state index is -0.515. The molecule has 1 N–H and O–H groups in total. The van der Waals surface area contributed by atoms with Crippen molar-refractivity contribution in [1.82, 2.24) is 15.0 Å². The monoisotopic (exact) mass is 285 g/mol. The number of benzene rings is 1. The number of aliphatic hydroxyl groups is 1. The first-order chi connectivity index (χ1) is 8.54. The molecule has 1 atom stereocenters. The Morgan fingerprint density at radius 3 is 2.67 bits per heavy atom. The van der Waals surface area contributed by atoms with Gasteiger partial charge in [-0.05, 0) is 24.1 Å². The number of aryl methyl sites for hydroxylation is 1. The zero-order valence-corrected chi connectivity index (χ0v) is 11.4. The highest BCUT2D eigenvalue weighted by Crippen LogP contribution is 2.23. The summed E-state index contributed by atoms with van der Waals surface area (Å²) < 4.78 is 1.61. The van der Waals surface area contributed by atoms with Gasteiger partial charge >= 0.3 is 0 Å². The van der Waals surface area contributed by atoms with Crippen LogP contribution in [-0.4, -0.2) is 26.2 Å². The molecule has 0 spiro atoms. The maximum Gasteiger partial charge on any atom is 0.0852 e. The van der Waals surface area contributed by atoms with E-state index in [1.54, 1.807) is 30.1 Å². The van der Waals surface area contributed by atoms with Crippen molar-refractivity contribution in [3.8, 4) is 0 Å². The summed E-state index contributed by atoms with van der Waals surface area (Å²) in [4.78, 5) is 0. The Morgan fingerprint density at radius 2 is 2.06 bits per heavy atom. The lowest BCUT2D eigenvalue weighted by molar-refractivity contribution is 0.174. The third kappa shape index (κ3) is 3.45. The van der Waals surface area contributed by atoms with E-state index in [0.29, 0.717) is 22.9 Å². The van der Waals surface area contributed by atoms with Crippen molar-refractivity contribution in [2.75, 3.05) is 0 Å². The zero-order chi connectivity index (χ0) is 13.1. The van der Waals surface area contributed by atoms with Crippen molar-refractivity contribution >= 4 is 23.2 Å². The molecule has 18 heavy (non-hydrogen) atoms. The maximum absolute atomic E-state index is 9.97. The Bertz CT molecular complexity index is 542. The van der Waals surface area contributed by atoms with Gasteiger partial charge in [0.25, 0.3) is 0 Å². The van der Waals surface area contributed by atoms with Gasteiger partial charge in [-0.25, -0.2) is 0 Å². The van der Waals surface area contributed by atoms with E-state index < -0.39 is 6.10 Å². The van der Waals surface area contributed by atoms with Crippen LogP contribution in [0.15, 0.2) is 24.4 Å². The van der Waals surface area contributed by atoms with Crippen LogP contribution in [0.5, 0.6) is 0 Å². The van der Waals surface area contributed by atoms with Crippen LogP contribution < -0.4 is 0 Å². The van der Waals surface area contributed by atoms with Crippen molar-refractivity contribution < 1.29 is 5.11 Å². The van der Waals surface area contributed by atoms with E-state index in [1.807, 2.05) is 6.07 Å². The first-order valence-corrected chi connectivity index (χ1v) is 6.27. The first-order valence-electron chi connectivity index (χ1n) is 5.52. The lowest BCUT2D eigenvalue weighted by Crippen LogP contribution is -2.14. The van der Waals surface area contributed by atoms with Crippen molar-refractivity contribution in [3.05, 3.63) is 45.7 Å². The van der Waals surface area contributed by atoms with Gasteiger partial charge in [0.2, 0.25) is 0 Å². The van der Waals surface area contributed by atoms with Crippen LogP contribution in [0, 0.1) is 0 Å². The van der Waals surface area contributed by atoms with Crippen LogP contribution in [-0.2, 0) is 19.9 Å². The van der Waals surface area contributed by atoms with Crippen LogP contribution in [0.4, 0.5) is 0 Å². The molecule has 1 unspecified atom stereocenters. The van der Waals surface area contributed by atoms with Gasteiger partial charge in [0.15, 0.2) is 0 Å². The molecular formula is C12H13Cl2N3O. The summed E-state index contributed by atoms with van der Waals surface area (Å²) >= 11 is 11.8. The van der Waals surface area contributed by atoms with E-state index in [0.717, 1.165) is 11.3 Å². The smallest absolute Gasteiger partial charge is 0.0852 e. The standard InChI is InChI=1S/C12H13Cl2N3O/c1-17-7-9(15-16-17)6-10(18)4-8-2-3-11(13)12(14)5-8/h2-3,5,7,10,18H,4,6H2,1H3. The SMILES string of the molecule is Cn1cc(CC(O)Cc2ccc(Cl)c(Cl)c2)nn1. The minimum absolute atomic E-state index is 0.466. The number of halogens is 2. The molecule has 0 aliphatic heterocycles. The zero-order valence-electron chi connectivity index (χ0n) is 9.85. The molecule has 0 bridgehead atoms. The fourth-order valence-corrected chi connectivity index (χ4v) is 2.06. The third-order valence-corrected chi connectivity index (χ3v) is 3.29. The molecule has 1 aromatic heterocycles. The van der Waals surface area contributed by atoms with Crippen LogP contribution in [0.25, 0.3) is 0 Å². The van der Waals surface area contributed by atoms with Gasteiger partial charge in [-0.3, -0.25) is 4.68 Å².